The van der Waals surface area contributed by atoms with Crippen molar-refractivity contribution < 1.29 is 9.18 Å². The molecule has 3 aromatic rings. The lowest BCUT2D eigenvalue weighted by molar-refractivity contribution is 0.0791. The molecule has 0 spiro atoms. The highest BCUT2D eigenvalue weighted by Crippen LogP contribution is 2.27. The lowest BCUT2D eigenvalue weighted by Gasteiger charge is -2.22. The van der Waals surface area contributed by atoms with Crippen molar-refractivity contribution in [3.05, 3.63) is 53.2 Å². The molecular formula is C21H20FN7O. The lowest BCUT2D eigenvalue weighted by Crippen LogP contribution is -2.29. The number of rotatable bonds is 4. The summed E-state index contributed by atoms with van der Waals surface area (Å²) in [6.07, 6.45) is 1.92. The first-order valence-corrected chi connectivity index (χ1v) is 9.66. The topological polar surface area (TPSA) is 121 Å². The van der Waals surface area contributed by atoms with Gasteiger partial charge in [-0.3, -0.25) is 4.79 Å². The summed E-state index contributed by atoms with van der Waals surface area (Å²) in [6, 6.07) is 9.19. The quantitative estimate of drug-likeness (QED) is 0.684. The van der Waals surface area contributed by atoms with E-state index < -0.39 is 11.9 Å². The van der Waals surface area contributed by atoms with Gasteiger partial charge in [-0.2, -0.15) is 5.26 Å². The SMILES string of the molecule is CC(Nc1cc(N)nc(C#N)n1)c1nc2c(F)cccc2cc1C(=O)N1CCCC1. The number of pyridine rings is 1. The Morgan fingerprint density at radius 1 is 1.27 bits per heavy atom. The van der Waals surface area contributed by atoms with Crippen LogP contribution in [0.4, 0.5) is 16.0 Å². The Labute approximate surface area is 172 Å². The van der Waals surface area contributed by atoms with Gasteiger partial charge in [-0.25, -0.2) is 19.3 Å². The van der Waals surface area contributed by atoms with Crippen LogP contribution in [0.1, 0.15) is 47.7 Å². The van der Waals surface area contributed by atoms with Crippen LogP contribution in [-0.2, 0) is 0 Å². The number of nitrogens with two attached hydrogens (primary N) is 1. The second kappa shape index (κ2) is 7.91. The van der Waals surface area contributed by atoms with Gasteiger partial charge in [-0.15, -0.1) is 0 Å². The third-order valence-electron chi connectivity index (χ3n) is 5.07. The third-order valence-corrected chi connectivity index (χ3v) is 5.07. The largest absolute Gasteiger partial charge is 0.383 e. The Balaban J connectivity index is 1.78. The lowest BCUT2D eigenvalue weighted by atomic mass is 10.0. The van der Waals surface area contributed by atoms with Crippen molar-refractivity contribution in [2.75, 3.05) is 24.1 Å². The highest BCUT2D eigenvalue weighted by molar-refractivity contribution is 5.99. The summed E-state index contributed by atoms with van der Waals surface area (Å²) in [5.41, 5.74) is 6.75. The van der Waals surface area contributed by atoms with Crippen LogP contribution < -0.4 is 11.1 Å². The van der Waals surface area contributed by atoms with Crippen molar-refractivity contribution in [1.29, 1.82) is 5.26 Å². The van der Waals surface area contributed by atoms with Gasteiger partial charge in [0.25, 0.3) is 5.91 Å². The Morgan fingerprint density at radius 2 is 2.03 bits per heavy atom. The van der Waals surface area contributed by atoms with Crippen LogP contribution in [0.2, 0.25) is 0 Å². The molecule has 1 aliphatic heterocycles. The van der Waals surface area contributed by atoms with Crippen molar-refractivity contribution >= 4 is 28.4 Å². The summed E-state index contributed by atoms with van der Waals surface area (Å²) in [5, 5.41) is 12.7. The van der Waals surface area contributed by atoms with Crippen molar-refractivity contribution in [3.63, 3.8) is 0 Å². The minimum atomic E-state index is -0.503. The number of nitriles is 1. The number of aromatic nitrogens is 3. The number of amides is 1. The van der Waals surface area contributed by atoms with Crippen molar-refractivity contribution in [1.82, 2.24) is 19.9 Å². The van der Waals surface area contributed by atoms with Crippen molar-refractivity contribution in [2.45, 2.75) is 25.8 Å². The summed E-state index contributed by atoms with van der Waals surface area (Å²) in [7, 11) is 0. The maximum atomic E-state index is 14.4. The predicted octanol–water partition coefficient (Wildman–Crippen LogP) is 3.03. The van der Waals surface area contributed by atoms with E-state index in [0.717, 1.165) is 12.8 Å². The fourth-order valence-electron chi connectivity index (χ4n) is 3.65. The molecule has 1 saturated heterocycles. The molecule has 0 radical (unpaired) electrons. The van der Waals surface area contributed by atoms with E-state index in [4.69, 9.17) is 11.0 Å². The maximum absolute atomic E-state index is 14.4. The Morgan fingerprint density at radius 3 is 2.77 bits per heavy atom. The van der Waals surface area contributed by atoms with Gasteiger partial charge < -0.3 is 16.0 Å². The molecule has 152 valence electrons. The van der Waals surface area contributed by atoms with Crippen LogP contribution >= 0.6 is 0 Å². The maximum Gasteiger partial charge on any atom is 0.255 e. The van der Waals surface area contributed by atoms with Gasteiger partial charge in [-0.1, -0.05) is 12.1 Å². The minimum Gasteiger partial charge on any atom is -0.383 e. The number of benzene rings is 1. The number of hydrogen-bond acceptors (Lipinski definition) is 7. The summed E-state index contributed by atoms with van der Waals surface area (Å²) in [6.45, 7) is 3.17. The summed E-state index contributed by atoms with van der Waals surface area (Å²) in [4.78, 5) is 27.4. The molecule has 1 fully saturated rings. The zero-order valence-corrected chi connectivity index (χ0v) is 16.4. The molecule has 1 aromatic carbocycles. The fourth-order valence-corrected chi connectivity index (χ4v) is 3.65. The second-order valence-corrected chi connectivity index (χ2v) is 7.21. The number of nitrogens with zero attached hydrogens (tertiary/aromatic N) is 5. The number of carbonyl (C=O) groups excluding carboxylic acids is 1. The van der Waals surface area contributed by atoms with E-state index in [-0.39, 0.29) is 23.1 Å². The zero-order chi connectivity index (χ0) is 21.3. The van der Waals surface area contributed by atoms with Gasteiger partial charge in [0.1, 0.15) is 29.0 Å². The Hall–Kier alpha value is -3.80. The number of halogens is 1. The van der Waals surface area contributed by atoms with Gasteiger partial charge in [0.05, 0.1) is 17.3 Å². The number of fused-ring (bicyclic) bond motifs is 1. The Kier molecular flexibility index (Phi) is 5.14. The first-order valence-electron chi connectivity index (χ1n) is 9.66. The molecule has 9 heteroatoms. The molecular weight excluding hydrogens is 385 g/mol. The number of carbonyl (C=O) groups is 1. The van der Waals surface area contributed by atoms with E-state index in [1.54, 1.807) is 30.0 Å². The second-order valence-electron chi connectivity index (χ2n) is 7.21. The van der Waals surface area contributed by atoms with Gasteiger partial charge in [0, 0.05) is 24.5 Å². The van der Waals surface area contributed by atoms with Crippen LogP contribution in [0.25, 0.3) is 10.9 Å². The minimum absolute atomic E-state index is 0.0735. The molecule has 1 amide bonds. The molecule has 30 heavy (non-hydrogen) atoms. The average Bonchev–Trinajstić information content (AvgIpc) is 3.27. The van der Waals surface area contributed by atoms with Crippen LogP contribution in [0.3, 0.4) is 0 Å². The normalized spacial score (nSPS) is 14.5. The zero-order valence-electron chi connectivity index (χ0n) is 16.4. The van der Waals surface area contributed by atoms with Crippen LogP contribution in [0, 0.1) is 17.1 Å². The standard InChI is InChI=1S/C21H20FN7O/c1-12(25-17-10-16(24)26-18(11-23)27-17)19-14(21(30)29-7-2-3-8-29)9-13-5-4-6-15(22)20(13)28-19/h4-6,9-10,12H,2-3,7-8H2,1H3,(H3,24,25,26,27). The smallest absolute Gasteiger partial charge is 0.255 e. The molecule has 1 unspecified atom stereocenters. The number of nitrogen functional groups attached to an aromatic ring is 1. The molecule has 3 heterocycles. The Bertz CT molecular complexity index is 1170. The number of hydrogen-bond donors (Lipinski definition) is 2. The van der Waals surface area contributed by atoms with Crippen LogP contribution in [0.5, 0.6) is 0 Å². The highest BCUT2D eigenvalue weighted by atomic mass is 19.1. The number of para-hydroxylation sites is 1. The van der Waals surface area contributed by atoms with E-state index in [1.807, 2.05) is 6.07 Å². The molecule has 2 aromatic heterocycles. The highest BCUT2D eigenvalue weighted by Gasteiger charge is 2.26. The fraction of sp³-hybridized carbons (Fsp3) is 0.286. The van der Waals surface area contributed by atoms with Crippen molar-refractivity contribution in [2.24, 2.45) is 0 Å². The van der Waals surface area contributed by atoms with E-state index in [2.05, 4.69) is 20.3 Å². The van der Waals surface area contributed by atoms with Gasteiger partial charge in [0.2, 0.25) is 5.82 Å². The molecule has 8 nitrogen and oxygen atoms in total. The summed E-state index contributed by atoms with van der Waals surface area (Å²) >= 11 is 0. The molecule has 0 aliphatic carbocycles. The van der Waals surface area contributed by atoms with Crippen LogP contribution in [0.15, 0.2) is 30.3 Å². The first-order chi connectivity index (χ1) is 14.5. The van der Waals surface area contributed by atoms with Gasteiger partial charge in [-0.05, 0) is 31.9 Å². The third kappa shape index (κ3) is 3.72. The molecule has 0 bridgehead atoms. The van der Waals surface area contributed by atoms with Crippen LogP contribution in [-0.4, -0.2) is 38.8 Å². The van der Waals surface area contributed by atoms with E-state index >= 15 is 0 Å². The molecule has 3 N–H and O–H groups in total. The summed E-state index contributed by atoms with van der Waals surface area (Å²) in [5.74, 6) is -0.201. The van der Waals surface area contributed by atoms with Gasteiger partial charge in [0.15, 0.2) is 0 Å². The molecule has 4 rings (SSSR count). The number of anilines is 2. The summed E-state index contributed by atoms with van der Waals surface area (Å²) < 4.78 is 14.4. The molecule has 1 atom stereocenters. The first kappa shape index (κ1) is 19.5. The van der Waals surface area contributed by atoms with E-state index in [9.17, 15) is 9.18 Å². The number of likely N-dealkylation sites (tertiary alicyclic amines) is 1. The molecule has 0 saturated carbocycles. The monoisotopic (exact) mass is 405 g/mol. The van der Waals surface area contributed by atoms with Gasteiger partial charge >= 0.3 is 0 Å². The van der Waals surface area contributed by atoms with E-state index in [1.165, 1.54) is 12.1 Å². The van der Waals surface area contributed by atoms with E-state index in [0.29, 0.717) is 35.6 Å². The van der Waals surface area contributed by atoms with Crippen molar-refractivity contribution in [3.8, 4) is 6.07 Å². The average molecular weight is 405 g/mol. The number of nitrogens with one attached hydrogen (secondary N) is 1. The predicted molar refractivity (Wildman–Crippen MR) is 110 cm³/mol. The molecule has 1 aliphatic rings.